The Kier molecular flexibility index (Phi) is 12.9. The molecule has 1 rings (SSSR count). The number of carbonyl (C=O) groups excluding carboxylic acids is 4. The van der Waals surface area contributed by atoms with Crippen molar-refractivity contribution in [3.05, 3.63) is 23.8 Å². The normalized spacial score (nSPS) is 13.5. The van der Waals surface area contributed by atoms with Crippen molar-refractivity contribution < 1.29 is 47.6 Å². The Bertz CT molecular complexity index is 924. The van der Waals surface area contributed by atoms with Crippen LogP contribution in [0.3, 0.4) is 0 Å². The van der Waals surface area contributed by atoms with Gasteiger partial charge in [-0.25, -0.2) is 9.59 Å². The van der Waals surface area contributed by atoms with E-state index in [4.69, 9.17) is 34.2 Å². The molecule has 0 saturated heterocycles. The third-order valence-corrected chi connectivity index (χ3v) is 4.87. The highest BCUT2D eigenvalue weighted by Crippen LogP contribution is 2.30. The van der Waals surface area contributed by atoms with Gasteiger partial charge in [0.25, 0.3) is 0 Å². The van der Waals surface area contributed by atoms with E-state index in [0.29, 0.717) is 18.4 Å². The number of carbonyl (C=O) groups is 4. The van der Waals surface area contributed by atoms with E-state index in [9.17, 15) is 19.2 Å². The maximum atomic E-state index is 12.6. The van der Waals surface area contributed by atoms with E-state index in [2.05, 4.69) is 0 Å². The lowest BCUT2D eigenvalue weighted by molar-refractivity contribution is -0.171. The smallest absolute Gasteiger partial charge is 0.458 e. The fourth-order valence-electron chi connectivity index (χ4n) is 2.60. The predicted molar refractivity (Wildman–Crippen MR) is 133 cm³/mol. The second-order valence-electron chi connectivity index (χ2n) is 9.50. The first kappa shape index (κ1) is 31.7. The molecule has 0 fully saturated rings. The number of esters is 2. The summed E-state index contributed by atoms with van der Waals surface area (Å²) in [4.78, 5) is 48.5. The molecule has 0 aliphatic carbocycles. The molecule has 0 spiro atoms. The highest BCUT2D eigenvalue weighted by atomic mass is 16.7. The van der Waals surface area contributed by atoms with E-state index in [1.54, 1.807) is 40.7 Å². The molecule has 1 aromatic carbocycles. The summed E-state index contributed by atoms with van der Waals surface area (Å²) in [6.07, 6.45) is -2.15. The van der Waals surface area contributed by atoms with Gasteiger partial charge in [-0.3, -0.25) is 9.59 Å². The molecule has 3 atom stereocenters. The van der Waals surface area contributed by atoms with Gasteiger partial charge in [-0.2, -0.15) is 0 Å². The van der Waals surface area contributed by atoms with Crippen LogP contribution < -0.4 is 15.2 Å². The van der Waals surface area contributed by atoms with E-state index in [1.165, 1.54) is 12.1 Å². The first-order valence-corrected chi connectivity index (χ1v) is 12.3. The standard InChI is InChI=1S/C26H39NO10/c1-8-12-32-24(30)36-20-11-10-18(15-21(20)37-25(31)33-13-9-2)14-19(27)22(28)34-16(3)17(4)35-23(29)26(5,6)7/h10-11,15-17,19H,8-9,12-14,27H2,1-7H3/t16-,17-,19-/m0/s1. The summed E-state index contributed by atoms with van der Waals surface area (Å²) in [6, 6.07) is 3.27. The Morgan fingerprint density at radius 3 is 1.86 bits per heavy atom. The van der Waals surface area contributed by atoms with Gasteiger partial charge >= 0.3 is 24.2 Å². The second kappa shape index (κ2) is 15.0. The molecule has 11 heteroatoms. The van der Waals surface area contributed by atoms with Crippen LogP contribution in [0.2, 0.25) is 0 Å². The van der Waals surface area contributed by atoms with Crippen molar-refractivity contribution in [3.63, 3.8) is 0 Å². The Balaban J connectivity index is 2.91. The average Bonchev–Trinajstić information content (AvgIpc) is 2.82. The van der Waals surface area contributed by atoms with Gasteiger partial charge in [0.1, 0.15) is 18.2 Å². The van der Waals surface area contributed by atoms with Crippen LogP contribution in [0.1, 0.15) is 66.9 Å². The van der Waals surface area contributed by atoms with Gasteiger partial charge in [0, 0.05) is 0 Å². The molecule has 208 valence electrons. The molecule has 37 heavy (non-hydrogen) atoms. The molecule has 0 unspecified atom stereocenters. The van der Waals surface area contributed by atoms with Crippen molar-refractivity contribution in [2.75, 3.05) is 13.2 Å². The van der Waals surface area contributed by atoms with Crippen LogP contribution in [0, 0.1) is 5.41 Å². The summed E-state index contributed by atoms with van der Waals surface area (Å²) in [5, 5.41) is 0. The SMILES string of the molecule is CCCOC(=O)Oc1ccc(C[C@H](N)C(=O)O[C@@H](C)[C@H](C)OC(=O)C(C)(C)C)cc1OC(=O)OCCC. The zero-order valence-corrected chi connectivity index (χ0v) is 22.7. The van der Waals surface area contributed by atoms with Crippen molar-refractivity contribution in [2.24, 2.45) is 11.1 Å². The summed E-state index contributed by atoms with van der Waals surface area (Å²) in [5.74, 6) is -1.31. The molecular weight excluding hydrogens is 486 g/mol. The van der Waals surface area contributed by atoms with Crippen molar-refractivity contribution in [3.8, 4) is 11.5 Å². The maximum Gasteiger partial charge on any atom is 0.513 e. The third kappa shape index (κ3) is 11.5. The fraction of sp³-hybridized carbons (Fsp3) is 0.615. The summed E-state index contributed by atoms with van der Waals surface area (Å²) < 4.78 is 30.9. The molecular formula is C26H39NO10. The summed E-state index contributed by atoms with van der Waals surface area (Å²) in [5.41, 5.74) is 5.84. The van der Waals surface area contributed by atoms with Crippen molar-refractivity contribution in [2.45, 2.75) is 86.0 Å². The topological polar surface area (TPSA) is 150 Å². The molecule has 2 N–H and O–H groups in total. The van der Waals surface area contributed by atoms with Crippen LogP contribution in [0.5, 0.6) is 11.5 Å². The molecule has 1 aromatic rings. The molecule has 0 saturated carbocycles. The van der Waals surface area contributed by atoms with Gasteiger partial charge in [-0.15, -0.1) is 0 Å². The van der Waals surface area contributed by atoms with Crippen LogP contribution in [-0.4, -0.2) is 55.7 Å². The van der Waals surface area contributed by atoms with E-state index in [1.807, 2.05) is 13.8 Å². The van der Waals surface area contributed by atoms with E-state index >= 15 is 0 Å². The van der Waals surface area contributed by atoms with E-state index in [-0.39, 0.29) is 31.1 Å². The van der Waals surface area contributed by atoms with E-state index in [0.717, 1.165) is 0 Å². The molecule has 0 bridgehead atoms. The van der Waals surface area contributed by atoms with Gasteiger partial charge in [0.15, 0.2) is 11.5 Å². The van der Waals surface area contributed by atoms with Gasteiger partial charge < -0.3 is 34.2 Å². The van der Waals surface area contributed by atoms with Gasteiger partial charge in [0.05, 0.1) is 18.6 Å². The highest BCUT2D eigenvalue weighted by Gasteiger charge is 2.29. The fourth-order valence-corrected chi connectivity index (χ4v) is 2.60. The predicted octanol–water partition coefficient (Wildman–Crippen LogP) is 4.32. The first-order valence-electron chi connectivity index (χ1n) is 12.3. The largest absolute Gasteiger partial charge is 0.513 e. The van der Waals surface area contributed by atoms with Crippen molar-refractivity contribution in [1.29, 1.82) is 0 Å². The number of hydrogen-bond donors (Lipinski definition) is 1. The Labute approximate surface area is 217 Å². The Morgan fingerprint density at radius 2 is 1.35 bits per heavy atom. The number of ether oxygens (including phenoxy) is 6. The second-order valence-corrected chi connectivity index (χ2v) is 9.50. The monoisotopic (exact) mass is 525 g/mol. The number of rotatable bonds is 12. The molecule has 0 radical (unpaired) electrons. The van der Waals surface area contributed by atoms with Crippen LogP contribution in [0.25, 0.3) is 0 Å². The van der Waals surface area contributed by atoms with Gasteiger partial charge in [0.2, 0.25) is 0 Å². The zero-order chi connectivity index (χ0) is 28.2. The van der Waals surface area contributed by atoms with Crippen LogP contribution >= 0.6 is 0 Å². The number of nitrogens with two attached hydrogens (primary N) is 1. The van der Waals surface area contributed by atoms with Gasteiger partial charge in [-0.05, 0) is 71.6 Å². The van der Waals surface area contributed by atoms with Crippen LogP contribution in [-0.2, 0) is 35.0 Å². The molecule has 0 aliphatic rings. The third-order valence-electron chi connectivity index (χ3n) is 4.87. The molecule has 11 nitrogen and oxygen atoms in total. The lowest BCUT2D eigenvalue weighted by Crippen LogP contribution is -2.40. The lowest BCUT2D eigenvalue weighted by Gasteiger charge is -2.25. The molecule has 0 aromatic heterocycles. The quantitative estimate of drug-likeness (QED) is 0.236. The lowest BCUT2D eigenvalue weighted by atomic mass is 9.97. The number of benzene rings is 1. The highest BCUT2D eigenvalue weighted by molar-refractivity contribution is 5.77. The van der Waals surface area contributed by atoms with Gasteiger partial charge in [-0.1, -0.05) is 19.9 Å². The van der Waals surface area contributed by atoms with Crippen molar-refractivity contribution in [1.82, 2.24) is 0 Å². The average molecular weight is 526 g/mol. The number of hydrogen-bond acceptors (Lipinski definition) is 11. The minimum atomic E-state index is -1.07. The van der Waals surface area contributed by atoms with E-state index < -0.39 is 47.9 Å². The minimum absolute atomic E-state index is 0.0165. The van der Waals surface area contributed by atoms with Crippen LogP contribution in [0.4, 0.5) is 9.59 Å². The Morgan fingerprint density at radius 1 is 0.838 bits per heavy atom. The first-order chi connectivity index (χ1) is 17.3. The molecule has 0 amide bonds. The molecule has 0 heterocycles. The van der Waals surface area contributed by atoms with Crippen molar-refractivity contribution >= 4 is 24.2 Å². The Hall–Kier alpha value is -3.34. The zero-order valence-electron chi connectivity index (χ0n) is 22.7. The summed E-state index contributed by atoms with van der Waals surface area (Å²) in [7, 11) is 0. The summed E-state index contributed by atoms with van der Waals surface area (Å²) >= 11 is 0. The minimum Gasteiger partial charge on any atom is -0.458 e. The molecule has 0 aliphatic heterocycles. The van der Waals surface area contributed by atoms with Crippen LogP contribution in [0.15, 0.2) is 18.2 Å². The maximum absolute atomic E-state index is 12.6. The summed E-state index contributed by atoms with van der Waals surface area (Å²) in [6.45, 7) is 12.3.